The molecule has 0 radical (unpaired) electrons. The average Bonchev–Trinajstić information content (AvgIpc) is 2.87. The van der Waals surface area contributed by atoms with E-state index in [2.05, 4.69) is 47.9 Å². The minimum absolute atomic E-state index is 0.428. The molecule has 0 amide bonds. The first-order chi connectivity index (χ1) is 9.04. The molecule has 1 saturated heterocycles. The molecular weight excluding hydrogens is 236 g/mol. The zero-order valence-corrected chi connectivity index (χ0v) is 12.8. The number of nitrogens with one attached hydrogen (secondary N) is 1. The van der Waals surface area contributed by atoms with Gasteiger partial charge in [0.25, 0.3) is 0 Å². The molecule has 1 atom stereocenters. The van der Waals surface area contributed by atoms with Crippen molar-refractivity contribution in [1.29, 1.82) is 0 Å². The van der Waals surface area contributed by atoms with Crippen LogP contribution in [0.2, 0.25) is 0 Å². The summed E-state index contributed by atoms with van der Waals surface area (Å²) >= 11 is 0. The Morgan fingerprint density at radius 3 is 2.53 bits per heavy atom. The molecule has 4 heteroatoms. The van der Waals surface area contributed by atoms with Gasteiger partial charge in [-0.15, -0.1) is 0 Å². The van der Waals surface area contributed by atoms with Gasteiger partial charge in [0.05, 0.1) is 0 Å². The third kappa shape index (κ3) is 2.82. The van der Waals surface area contributed by atoms with E-state index in [4.69, 9.17) is 0 Å². The van der Waals surface area contributed by atoms with Gasteiger partial charge in [0.15, 0.2) is 0 Å². The van der Waals surface area contributed by atoms with Gasteiger partial charge in [-0.3, -0.25) is 0 Å². The van der Waals surface area contributed by atoms with Gasteiger partial charge in [-0.05, 0) is 24.2 Å². The Morgan fingerprint density at radius 2 is 2.00 bits per heavy atom. The molecule has 1 fully saturated rings. The van der Waals surface area contributed by atoms with E-state index in [0.29, 0.717) is 5.92 Å². The van der Waals surface area contributed by atoms with Crippen LogP contribution in [0.1, 0.15) is 45.6 Å². The topological polar surface area (TPSA) is 41.1 Å². The highest BCUT2D eigenvalue weighted by Crippen LogP contribution is 2.34. The summed E-state index contributed by atoms with van der Waals surface area (Å²) in [5.41, 5.74) is 1.24. The van der Waals surface area contributed by atoms with Crippen molar-refractivity contribution in [3.63, 3.8) is 0 Å². The zero-order valence-electron chi connectivity index (χ0n) is 12.8. The van der Waals surface area contributed by atoms with E-state index < -0.39 is 0 Å². The van der Waals surface area contributed by atoms with Gasteiger partial charge in [-0.2, -0.15) is 0 Å². The summed E-state index contributed by atoms with van der Waals surface area (Å²) in [6.45, 7) is 11.3. The molecule has 19 heavy (non-hydrogen) atoms. The standard InChI is InChI=1S/C15H26N4/c1-10(2)12-6-7-19(8-12)15-13(11(3)4)14(16-5)17-9-18-15/h9-12H,6-8H2,1-5H3,(H,16,17,18). The maximum absolute atomic E-state index is 4.56. The van der Waals surface area contributed by atoms with Crippen LogP contribution in [0.4, 0.5) is 11.6 Å². The van der Waals surface area contributed by atoms with Gasteiger partial charge in [0.2, 0.25) is 0 Å². The second-order valence-electron chi connectivity index (χ2n) is 6.10. The fourth-order valence-electron chi connectivity index (χ4n) is 2.89. The molecule has 1 aromatic rings. The Morgan fingerprint density at radius 1 is 1.26 bits per heavy atom. The van der Waals surface area contributed by atoms with Crippen LogP contribution in [0.5, 0.6) is 0 Å². The van der Waals surface area contributed by atoms with E-state index >= 15 is 0 Å². The Kier molecular flexibility index (Phi) is 4.27. The lowest BCUT2D eigenvalue weighted by Gasteiger charge is -2.24. The molecule has 106 valence electrons. The van der Waals surface area contributed by atoms with E-state index in [-0.39, 0.29) is 0 Å². The fourth-order valence-corrected chi connectivity index (χ4v) is 2.89. The first-order valence-corrected chi connectivity index (χ1v) is 7.32. The van der Waals surface area contributed by atoms with Crippen LogP contribution >= 0.6 is 0 Å². The second-order valence-corrected chi connectivity index (χ2v) is 6.10. The highest BCUT2D eigenvalue weighted by molar-refractivity contribution is 5.60. The summed E-state index contributed by atoms with van der Waals surface area (Å²) in [6.07, 6.45) is 2.95. The van der Waals surface area contributed by atoms with Gasteiger partial charge >= 0.3 is 0 Å². The van der Waals surface area contributed by atoms with Crippen LogP contribution in [0.15, 0.2) is 6.33 Å². The summed E-state index contributed by atoms with van der Waals surface area (Å²) in [7, 11) is 1.93. The van der Waals surface area contributed by atoms with Crippen LogP contribution in [-0.4, -0.2) is 30.1 Å². The molecule has 1 aromatic heterocycles. The van der Waals surface area contributed by atoms with E-state index in [9.17, 15) is 0 Å². The van der Waals surface area contributed by atoms with Crippen molar-refractivity contribution in [2.24, 2.45) is 11.8 Å². The molecular formula is C15H26N4. The lowest BCUT2D eigenvalue weighted by molar-refractivity contribution is 0.422. The lowest BCUT2D eigenvalue weighted by Crippen LogP contribution is -2.24. The van der Waals surface area contributed by atoms with Crippen molar-refractivity contribution in [3.8, 4) is 0 Å². The minimum Gasteiger partial charge on any atom is -0.373 e. The van der Waals surface area contributed by atoms with Crippen molar-refractivity contribution in [1.82, 2.24) is 9.97 Å². The Balaban J connectivity index is 2.30. The molecule has 2 rings (SSSR count). The van der Waals surface area contributed by atoms with Crippen molar-refractivity contribution < 1.29 is 0 Å². The molecule has 0 saturated carbocycles. The van der Waals surface area contributed by atoms with E-state index in [0.717, 1.165) is 36.6 Å². The van der Waals surface area contributed by atoms with Crippen molar-refractivity contribution in [3.05, 3.63) is 11.9 Å². The number of rotatable bonds is 4. The molecule has 0 spiro atoms. The highest BCUT2D eigenvalue weighted by Gasteiger charge is 2.28. The van der Waals surface area contributed by atoms with E-state index in [1.54, 1.807) is 6.33 Å². The van der Waals surface area contributed by atoms with E-state index in [1.807, 2.05) is 7.05 Å². The molecule has 4 nitrogen and oxygen atoms in total. The summed E-state index contributed by atoms with van der Waals surface area (Å²) in [6, 6.07) is 0. The van der Waals surface area contributed by atoms with Gasteiger partial charge in [0, 0.05) is 25.7 Å². The summed E-state index contributed by atoms with van der Waals surface area (Å²) in [4.78, 5) is 11.3. The molecule has 1 unspecified atom stereocenters. The summed E-state index contributed by atoms with van der Waals surface area (Å²) in [5, 5.41) is 3.20. The zero-order chi connectivity index (χ0) is 14.0. The van der Waals surface area contributed by atoms with Crippen LogP contribution in [0, 0.1) is 11.8 Å². The lowest BCUT2D eigenvalue weighted by atomic mass is 9.95. The average molecular weight is 262 g/mol. The molecule has 2 heterocycles. The SMILES string of the molecule is CNc1ncnc(N2CCC(C(C)C)C2)c1C(C)C. The van der Waals surface area contributed by atoms with Crippen molar-refractivity contribution in [2.45, 2.75) is 40.0 Å². The second kappa shape index (κ2) is 5.76. The predicted molar refractivity (Wildman–Crippen MR) is 80.8 cm³/mol. The first-order valence-electron chi connectivity index (χ1n) is 7.32. The smallest absolute Gasteiger partial charge is 0.137 e. The normalized spacial score (nSPS) is 19.5. The number of nitrogens with zero attached hydrogens (tertiary/aromatic N) is 3. The highest BCUT2D eigenvalue weighted by atomic mass is 15.2. The molecule has 1 N–H and O–H groups in total. The summed E-state index contributed by atoms with van der Waals surface area (Å²) < 4.78 is 0. The Labute approximate surface area is 116 Å². The molecule has 1 aliphatic heterocycles. The molecule has 0 aliphatic carbocycles. The van der Waals surface area contributed by atoms with Gasteiger partial charge < -0.3 is 10.2 Å². The van der Waals surface area contributed by atoms with Crippen LogP contribution < -0.4 is 10.2 Å². The number of aromatic nitrogens is 2. The maximum atomic E-state index is 4.56. The third-order valence-electron chi connectivity index (χ3n) is 4.14. The number of hydrogen-bond donors (Lipinski definition) is 1. The van der Waals surface area contributed by atoms with Crippen molar-refractivity contribution in [2.75, 3.05) is 30.4 Å². The van der Waals surface area contributed by atoms with Crippen LogP contribution in [0.3, 0.4) is 0 Å². The third-order valence-corrected chi connectivity index (χ3v) is 4.14. The van der Waals surface area contributed by atoms with Crippen LogP contribution in [0.25, 0.3) is 0 Å². The van der Waals surface area contributed by atoms with Crippen molar-refractivity contribution >= 4 is 11.6 Å². The van der Waals surface area contributed by atoms with Gasteiger partial charge in [-0.1, -0.05) is 27.7 Å². The quantitative estimate of drug-likeness (QED) is 0.905. The molecule has 1 aliphatic rings. The maximum Gasteiger partial charge on any atom is 0.137 e. The molecule has 0 aromatic carbocycles. The molecule has 0 bridgehead atoms. The summed E-state index contributed by atoms with van der Waals surface area (Å²) in [5.74, 6) is 4.05. The number of hydrogen-bond acceptors (Lipinski definition) is 4. The minimum atomic E-state index is 0.428. The fraction of sp³-hybridized carbons (Fsp3) is 0.733. The van der Waals surface area contributed by atoms with Gasteiger partial charge in [-0.25, -0.2) is 9.97 Å². The Bertz CT molecular complexity index is 428. The number of anilines is 2. The Hall–Kier alpha value is -1.32. The predicted octanol–water partition coefficient (Wildman–Crippen LogP) is 3.12. The first kappa shape index (κ1) is 14.1. The van der Waals surface area contributed by atoms with E-state index in [1.165, 1.54) is 12.0 Å². The largest absolute Gasteiger partial charge is 0.373 e. The van der Waals surface area contributed by atoms with Crippen LogP contribution in [-0.2, 0) is 0 Å². The van der Waals surface area contributed by atoms with Gasteiger partial charge in [0.1, 0.15) is 18.0 Å². The monoisotopic (exact) mass is 262 g/mol.